The fourth-order valence-electron chi connectivity index (χ4n) is 1.83. The van der Waals surface area contributed by atoms with E-state index in [9.17, 15) is 18.8 Å². The highest BCUT2D eigenvalue weighted by atomic mass is 19.1. The number of hydrogen-bond donors (Lipinski definition) is 2. The van der Waals surface area contributed by atoms with Crippen LogP contribution >= 0.6 is 0 Å². The minimum Gasteiger partial charge on any atom is -0.489 e. The van der Waals surface area contributed by atoms with Gasteiger partial charge in [0.1, 0.15) is 24.0 Å². The van der Waals surface area contributed by atoms with Crippen molar-refractivity contribution in [3.8, 4) is 5.75 Å². The van der Waals surface area contributed by atoms with E-state index in [0.29, 0.717) is 0 Å². The van der Waals surface area contributed by atoms with Gasteiger partial charge in [-0.1, -0.05) is 6.07 Å². The molecule has 2 rings (SSSR count). The van der Waals surface area contributed by atoms with Crippen LogP contribution in [0.4, 0.5) is 8.78 Å². The Hall–Kier alpha value is -1.92. The van der Waals surface area contributed by atoms with Crippen LogP contribution in [0.5, 0.6) is 5.75 Å². The average molecular weight is 278 g/mol. The Morgan fingerprint density at radius 2 is 1.70 bits per heavy atom. The van der Waals surface area contributed by atoms with E-state index < -0.39 is 12.9 Å². The first-order chi connectivity index (χ1) is 9.47. The predicted molar refractivity (Wildman–Crippen MR) is 71.7 cm³/mol. The summed E-state index contributed by atoms with van der Waals surface area (Å²) in [5.41, 5.74) is 1.43. The first-order valence-electron chi connectivity index (χ1n) is 6.01. The summed E-state index contributed by atoms with van der Waals surface area (Å²) < 4.78 is 31.5. The van der Waals surface area contributed by atoms with Gasteiger partial charge in [0, 0.05) is 5.46 Å². The first kappa shape index (κ1) is 14.5. The maximum absolute atomic E-state index is 13.1. The van der Waals surface area contributed by atoms with Crippen LogP contribution in [0.25, 0.3) is 0 Å². The van der Waals surface area contributed by atoms with E-state index in [1.165, 1.54) is 24.3 Å². The smallest absolute Gasteiger partial charge is 0.489 e. The Bertz CT molecular complexity index is 617. The number of ether oxygens (including phenoxy) is 1. The molecule has 0 saturated carbocycles. The van der Waals surface area contributed by atoms with Gasteiger partial charge in [-0.3, -0.25) is 0 Å². The van der Waals surface area contributed by atoms with Crippen LogP contribution in [0.3, 0.4) is 0 Å². The lowest BCUT2D eigenvalue weighted by atomic mass is 9.79. The van der Waals surface area contributed by atoms with Crippen molar-refractivity contribution < 1.29 is 23.6 Å². The van der Waals surface area contributed by atoms with Gasteiger partial charge in [-0.05, 0) is 48.4 Å². The molecule has 20 heavy (non-hydrogen) atoms. The molecule has 0 amide bonds. The summed E-state index contributed by atoms with van der Waals surface area (Å²) in [4.78, 5) is 0. The van der Waals surface area contributed by atoms with Crippen LogP contribution in [0.15, 0.2) is 36.4 Å². The van der Waals surface area contributed by atoms with E-state index in [-0.39, 0.29) is 23.6 Å². The second-order valence-electron chi connectivity index (χ2n) is 4.42. The summed E-state index contributed by atoms with van der Waals surface area (Å²) in [6.07, 6.45) is 0. The quantitative estimate of drug-likeness (QED) is 0.834. The highest BCUT2D eigenvalue weighted by Crippen LogP contribution is 2.15. The molecule has 2 N–H and O–H groups in total. The highest BCUT2D eigenvalue weighted by molar-refractivity contribution is 6.59. The van der Waals surface area contributed by atoms with Gasteiger partial charge >= 0.3 is 7.12 Å². The van der Waals surface area contributed by atoms with Crippen LogP contribution in [-0.2, 0) is 6.61 Å². The van der Waals surface area contributed by atoms with Gasteiger partial charge in [0.25, 0.3) is 0 Å². The normalized spacial score (nSPS) is 10.4. The molecule has 0 radical (unpaired) electrons. The zero-order chi connectivity index (χ0) is 14.7. The van der Waals surface area contributed by atoms with E-state index in [0.717, 1.165) is 17.2 Å². The molecule has 2 aromatic carbocycles. The number of halogens is 2. The molecule has 0 aliphatic heterocycles. The van der Waals surface area contributed by atoms with Crippen molar-refractivity contribution in [1.82, 2.24) is 0 Å². The van der Waals surface area contributed by atoms with Crippen molar-refractivity contribution in [2.45, 2.75) is 13.5 Å². The molecule has 2 aromatic rings. The summed E-state index contributed by atoms with van der Waals surface area (Å²) in [5, 5.41) is 18.4. The maximum Gasteiger partial charge on any atom is 0.492 e. The molecule has 0 atom stereocenters. The third-order valence-electron chi connectivity index (χ3n) is 2.94. The Kier molecular flexibility index (Phi) is 4.37. The van der Waals surface area contributed by atoms with Crippen molar-refractivity contribution >= 4 is 12.6 Å². The topological polar surface area (TPSA) is 49.7 Å². The lowest BCUT2D eigenvalue weighted by Gasteiger charge is -2.12. The molecule has 0 fully saturated rings. The molecule has 0 bridgehead atoms. The molecule has 0 aliphatic carbocycles. The lowest BCUT2D eigenvalue weighted by Crippen LogP contribution is -2.31. The van der Waals surface area contributed by atoms with Crippen molar-refractivity contribution in [2.24, 2.45) is 0 Å². The number of benzene rings is 2. The molecule has 104 valence electrons. The molecule has 0 heterocycles. The molecule has 0 aliphatic rings. The summed E-state index contributed by atoms with van der Waals surface area (Å²) in [6.45, 7) is 1.87. The molecular formula is C14H13BF2O3. The van der Waals surface area contributed by atoms with Crippen molar-refractivity contribution in [2.75, 3.05) is 0 Å². The summed E-state index contributed by atoms with van der Waals surface area (Å²) in [5.74, 6) is -0.747. The number of aryl methyl sites for hydroxylation is 1. The third kappa shape index (κ3) is 3.34. The van der Waals surface area contributed by atoms with Gasteiger partial charge in [-0.25, -0.2) is 8.78 Å². The van der Waals surface area contributed by atoms with Gasteiger partial charge in [0.05, 0.1) is 0 Å². The van der Waals surface area contributed by atoms with Crippen LogP contribution in [-0.4, -0.2) is 17.2 Å². The Labute approximate surface area is 115 Å². The molecular weight excluding hydrogens is 265 g/mol. The van der Waals surface area contributed by atoms with Gasteiger partial charge in [0.15, 0.2) is 0 Å². The van der Waals surface area contributed by atoms with E-state index >= 15 is 0 Å². The van der Waals surface area contributed by atoms with E-state index in [1.54, 1.807) is 13.0 Å². The van der Waals surface area contributed by atoms with E-state index in [1.807, 2.05) is 0 Å². The van der Waals surface area contributed by atoms with Gasteiger partial charge in [-0.2, -0.15) is 0 Å². The summed E-state index contributed by atoms with van der Waals surface area (Å²) in [6, 6.07) is 7.77. The molecule has 6 heteroatoms. The second kappa shape index (κ2) is 6.03. The van der Waals surface area contributed by atoms with E-state index in [2.05, 4.69) is 0 Å². The van der Waals surface area contributed by atoms with Crippen LogP contribution < -0.4 is 10.2 Å². The Balaban J connectivity index is 2.18. The van der Waals surface area contributed by atoms with Crippen molar-refractivity contribution in [1.29, 1.82) is 0 Å². The SMILES string of the molecule is Cc1cc(F)ccc1COc1ccc(F)cc1B(O)O. The second-order valence-corrected chi connectivity index (χ2v) is 4.42. The largest absolute Gasteiger partial charge is 0.492 e. The standard InChI is InChI=1S/C14H13BF2O3/c1-9-6-11(16)3-2-10(9)8-20-14-5-4-12(17)7-13(14)15(18)19/h2-7,18-19H,8H2,1H3. The van der Waals surface area contributed by atoms with Gasteiger partial charge in [-0.15, -0.1) is 0 Å². The summed E-state index contributed by atoms with van der Waals surface area (Å²) >= 11 is 0. The monoisotopic (exact) mass is 278 g/mol. The maximum atomic E-state index is 13.1. The minimum absolute atomic E-state index is 0.0511. The summed E-state index contributed by atoms with van der Waals surface area (Å²) in [7, 11) is -1.82. The highest BCUT2D eigenvalue weighted by Gasteiger charge is 2.18. The van der Waals surface area contributed by atoms with Crippen LogP contribution in [0.2, 0.25) is 0 Å². The average Bonchev–Trinajstić information content (AvgIpc) is 2.38. The van der Waals surface area contributed by atoms with Crippen molar-refractivity contribution in [3.05, 3.63) is 59.2 Å². The molecule has 0 unspecified atom stereocenters. The fraction of sp³-hybridized carbons (Fsp3) is 0.143. The van der Waals surface area contributed by atoms with Crippen LogP contribution in [0, 0.1) is 18.6 Å². The van der Waals surface area contributed by atoms with Gasteiger partial charge in [0.2, 0.25) is 0 Å². The zero-order valence-electron chi connectivity index (χ0n) is 10.8. The Morgan fingerprint density at radius 3 is 2.35 bits per heavy atom. The van der Waals surface area contributed by atoms with Crippen LogP contribution in [0.1, 0.15) is 11.1 Å². The molecule has 0 saturated heterocycles. The minimum atomic E-state index is -1.82. The lowest BCUT2D eigenvalue weighted by molar-refractivity contribution is 0.305. The van der Waals surface area contributed by atoms with Gasteiger partial charge < -0.3 is 14.8 Å². The zero-order valence-corrected chi connectivity index (χ0v) is 10.8. The number of hydrogen-bond acceptors (Lipinski definition) is 3. The Morgan fingerprint density at radius 1 is 1.05 bits per heavy atom. The molecule has 0 spiro atoms. The first-order valence-corrected chi connectivity index (χ1v) is 6.01. The fourth-order valence-corrected chi connectivity index (χ4v) is 1.83. The predicted octanol–water partition coefficient (Wildman–Crippen LogP) is 1.53. The molecule has 0 aromatic heterocycles. The third-order valence-corrected chi connectivity index (χ3v) is 2.94. The number of rotatable bonds is 4. The molecule has 3 nitrogen and oxygen atoms in total. The van der Waals surface area contributed by atoms with Crippen molar-refractivity contribution in [3.63, 3.8) is 0 Å². The van der Waals surface area contributed by atoms with E-state index in [4.69, 9.17) is 4.74 Å².